The zero-order chi connectivity index (χ0) is 11.4. The Balaban J connectivity index is 2.40. The van der Waals surface area contributed by atoms with Gasteiger partial charge in [-0.25, -0.2) is 0 Å². The van der Waals surface area contributed by atoms with Gasteiger partial charge in [-0.3, -0.25) is 14.8 Å². The van der Waals surface area contributed by atoms with Crippen molar-refractivity contribution in [2.45, 2.75) is 0 Å². The predicted molar refractivity (Wildman–Crippen MR) is 60.9 cm³/mol. The van der Waals surface area contributed by atoms with Crippen LogP contribution in [-0.4, -0.2) is 22.9 Å². The van der Waals surface area contributed by atoms with Gasteiger partial charge < -0.3 is 5.32 Å². The summed E-state index contributed by atoms with van der Waals surface area (Å²) in [6.45, 7) is 0. The molecule has 0 saturated carbocycles. The fourth-order valence-electron chi connectivity index (χ4n) is 1.38. The Morgan fingerprint density at radius 1 is 1.19 bits per heavy atom. The van der Waals surface area contributed by atoms with Gasteiger partial charge in [0.1, 0.15) is 5.69 Å². The molecule has 4 heteroatoms. The molecule has 16 heavy (non-hydrogen) atoms. The molecule has 2 aromatic heterocycles. The summed E-state index contributed by atoms with van der Waals surface area (Å²) < 4.78 is 0. The maximum absolute atomic E-state index is 11.4. The topological polar surface area (TPSA) is 54.9 Å². The first-order chi connectivity index (χ1) is 7.81. The molecule has 4 nitrogen and oxygen atoms in total. The van der Waals surface area contributed by atoms with Crippen LogP contribution in [0.2, 0.25) is 0 Å². The van der Waals surface area contributed by atoms with Crippen LogP contribution in [0.25, 0.3) is 11.3 Å². The van der Waals surface area contributed by atoms with Gasteiger partial charge in [0.2, 0.25) is 0 Å². The number of nitrogens with zero attached hydrogens (tertiary/aromatic N) is 2. The van der Waals surface area contributed by atoms with Crippen molar-refractivity contribution in [1.82, 2.24) is 15.3 Å². The van der Waals surface area contributed by atoms with E-state index in [9.17, 15) is 4.79 Å². The molecule has 1 amide bonds. The Morgan fingerprint density at radius 2 is 2.06 bits per heavy atom. The van der Waals surface area contributed by atoms with Crippen LogP contribution in [0.4, 0.5) is 0 Å². The Hall–Kier alpha value is -2.23. The van der Waals surface area contributed by atoms with Gasteiger partial charge in [0, 0.05) is 25.0 Å². The van der Waals surface area contributed by atoms with E-state index in [0.717, 1.165) is 11.3 Å². The molecule has 0 aliphatic rings. The fraction of sp³-hybridized carbons (Fsp3) is 0.0833. The van der Waals surface area contributed by atoms with Crippen molar-refractivity contribution < 1.29 is 4.79 Å². The van der Waals surface area contributed by atoms with Crippen LogP contribution in [0.5, 0.6) is 0 Å². The maximum Gasteiger partial charge on any atom is 0.269 e. The van der Waals surface area contributed by atoms with Gasteiger partial charge in [0.15, 0.2) is 0 Å². The third-order valence-corrected chi connectivity index (χ3v) is 2.18. The van der Waals surface area contributed by atoms with E-state index >= 15 is 0 Å². The van der Waals surface area contributed by atoms with Crippen molar-refractivity contribution in [2.24, 2.45) is 0 Å². The number of hydrogen-bond donors (Lipinski definition) is 1. The number of carbonyl (C=O) groups is 1. The molecule has 0 radical (unpaired) electrons. The third kappa shape index (κ3) is 2.06. The zero-order valence-electron chi connectivity index (χ0n) is 8.84. The number of pyridine rings is 2. The highest BCUT2D eigenvalue weighted by Gasteiger charge is 2.06. The largest absolute Gasteiger partial charge is 0.354 e. The van der Waals surface area contributed by atoms with Crippen LogP contribution in [0.1, 0.15) is 10.5 Å². The fourth-order valence-corrected chi connectivity index (χ4v) is 1.38. The summed E-state index contributed by atoms with van der Waals surface area (Å²) in [4.78, 5) is 19.6. The molecule has 0 atom stereocenters. The smallest absolute Gasteiger partial charge is 0.269 e. The lowest BCUT2D eigenvalue weighted by Gasteiger charge is -2.02. The normalized spacial score (nSPS) is 9.81. The maximum atomic E-state index is 11.4. The number of amides is 1. The number of carbonyl (C=O) groups excluding carboxylic acids is 1. The third-order valence-electron chi connectivity index (χ3n) is 2.18. The lowest BCUT2D eigenvalue weighted by atomic mass is 10.1. The molecule has 1 N–H and O–H groups in total. The standard InChI is InChI=1S/C12H11N3O/c1-13-12(16)11-8-9(5-7-15-11)10-4-2-3-6-14-10/h2-8H,1H3,(H,13,16). The van der Waals surface area contributed by atoms with Crippen molar-refractivity contribution in [3.8, 4) is 11.3 Å². The summed E-state index contributed by atoms with van der Waals surface area (Å²) in [5.74, 6) is -0.196. The minimum absolute atomic E-state index is 0.196. The van der Waals surface area contributed by atoms with Crippen LogP contribution in [-0.2, 0) is 0 Å². The molecule has 0 fully saturated rings. The molecule has 0 aromatic carbocycles. The number of aromatic nitrogens is 2. The minimum Gasteiger partial charge on any atom is -0.354 e. The molecule has 80 valence electrons. The highest BCUT2D eigenvalue weighted by atomic mass is 16.1. The van der Waals surface area contributed by atoms with Gasteiger partial charge in [-0.15, -0.1) is 0 Å². The van der Waals surface area contributed by atoms with Crippen molar-refractivity contribution in [2.75, 3.05) is 7.05 Å². The zero-order valence-corrected chi connectivity index (χ0v) is 8.84. The van der Waals surface area contributed by atoms with E-state index in [2.05, 4.69) is 15.3 Å². The lowest BCUT2D eigenvalue weighted by molar-refractivity contribution is 0.0958. The number of nitrogens with one attached hydrogen (secondary N) is 1. The molecule has 0 aliphatic heterocycles. The molecule has 2 aromatic rings. The Bertz CT molecular complexity index is 497. The first kappa shape index (κ1) is 10.3. The summed E-state index contributed by atoms with van der Waals surface area (Å²) in [7, 11) is 1.58. The van der Waals surface area contributed by atoms with E-state index < -0.39 is 0 Å². The second kappa shape index (κ2) is 4.53. The van der Waals surface area contributed by atoms with E-state index in [1.165, 1.54) is 0 Å². The predicted octanol–water partition coefficient (Wildman–Crippen LogP) is 1.50. The molecule has 2 heterocycles. The van der Waals surface area contributed by atoms with E-state index in [1.54, 1.807) is 25.5 Å². The van der Waals surface area contributed by atoms with Crippen LogP contribution >= 0.6 is 0 Å². The summed E-state index contributed by atoms with van der Waals surface area (Å²) in [6, 6.07) is 9.20. The second-order valence-corrected chi connectivity index (χ2v) is 3.22. The second-order valence-electron chi connectivity index (χ2n) is 3.22. The van der Waals surface area contributed by atoms with Crippen LogP contribution in [0, 0.1) is 0 Å². The quantitative estimate of drug-likeness (QED) is 0.822. The van der Waals surface area contributed by atoms with Crippen LogP contribution < -0.4 is 5.32 Å². The van der Waals surface area contributed by atoms with Gasteiger partial charge in [-0.05, 0) is 24.3 Å². The molecule has 0 spiro atoms. The van der Waals surface area contributed by atoms with Crippen LogP contribution in [0.3, 0.4) is 0 Å². The molecule has 0 unspecified atom stereocenters. The van der Waals surface area contributed by atoms with E-state index in [-0.39, 0.29) is 5.91 Å². The van der Waals surface area contributed by atoms with Crippen molar-refractivity contribution in [1.29, 1.82) is 0 Å². The van der Waals surface area contributed by atoms with Gasteiger partial charge in [0.25, 0.3) is 5.91 Å². The van der Waals surface area contributed by atoms with Crippen molar-refractivity contribution in [3.63, 3.8) is 0 Å². The van der Waals surface area contributed by atoms with Crippen LogP contribution in [0.15, 0.2) is 42.7 Å². The Labute approximate surface area is 93.4 Å². The average Bonchev–Trinajstić information content (AvgIpc) is 2.39. The van der Waals surface area contributed by atoms with Gasteiger partial charge in [-0.1, -0.05) is 6.07 Å². The number of rotatable bonds is 2. The number of hydrogen-bond acceptors (Lipinski definition) is 3. The summed E-state index contributed by atoms with van der Waals surface area (Å²) in [5, 5.41) is 2.54. The first-order valence-electron chi connectivity index (χ1n) is 4.91. The van der Waals surface area contributed by atoms with Crippen molar-refractivity contribution >= 4 is 5.91 Å². The SMILES string of the molecule is CNC(=O)c1cc(-c2ccccn2)ccn1. The highest BCUT2D eigenvalue weighted by Crippen LogP contribution is 2.15. The molecular formula is C12H11N3O. The molecule has 0 bridgehead atoms. The Kier molecular flexibility index (Phi) is 2.91. The van der Waals surface area contributed by atoms with Gasteiger partial charge in [0.05, 0.1) is 5.69 Å². The molecule has 2 rings (SSSR count). The minimum atomic E-state index is -0.196. The summed E-state index contributed by atoms with van der Waals surface area (Å²) in [6.07, 6.45) is 3.32. The molecule has 0 saturated heterocycles. The first-order valence-corrected chi connectivity index (χ1v) is 4.91. The monoisotopic (exact) mass is 213 g/mol. The lowest BCUT2D eigenvalue weighted by Crippen LogP contribution is -2.19. The van der Waals surface area contributed by atoms with E-state index in [0.29, 0.717) is 5.69 Å². The Morgan fingerprint density at radius 3 is 2.75 bits per heavy atom. The molecule has 0 aliphatic carbocycles. The highest BCUT2D eigenvalue weighted by molar-refractivity contribution is 5.93. The van der Waals surface area contributed by atoms with Crippen molar-refractivity contribution in [3.05, 3.63) is 48.4 Å². The van der Waals surface area contributed by atoms with Gasteiger partial charge in [-0.2, -0.15) is 0 Å². The van der Waals surface area contributed by atoms with E-state index in [4.69, 9.17) is 0 Å². The average molecular weight is 213 g/mol. The van der Waals surface area contributed by atoms with E-state index in [1.807, 2.05) is 24.3 Å². The summed E-state index contributed by atoms with van der Waals surface area (Å²) >= 11 is 0. The van der Waals surface area contributed by atoms with Gasteiger partial charge >= 0.3 is 0 Å². The molecular weight excluding hydrogens is 202 g/mol. The summed E-state index contributed by atoms with van der Waals surface area (Å²) in [5.41, 5.74) is 2.11.